The first-order valence-electron chi connectivity index (χ1n) is 7.99. The lowest BCUT2D eigenvalue weighted by Gasteiger charge is -2.12. The van der Waals surface area contributed by atoms with Crippen molar-refractivity contribution in [1.29, 1.82) is 0 Å². The van der Waals surface area contributed by atoms with E-state index >= 15 is 0 Å². The first-order valence-corrected chi connectivity index (χ1v) is 8.87. The van der Waals surface area contributed by atoms with Gasteiger partial charge in [-0.1, -0.05) is 0 Å². The van der Waals surface area contributed by atoms with E-state index in [4.69, 9.17) is 14.2 Å². The van der Waals surface area contributed by atoms with Crippen molar-refractivity contribution in [2.24, 2.45) is 0 Å². The summed E-state index contributed by atoms with van der Waals surface area (Å²) in [6.45, 7) is 4.98. The van der Waals surface area contributed by atoms with Gasteiger partial charge in [-0.05, 0) is 49.1 Å². The third kappa shape index (κ3) is 4.58. The van der Waals surface area contributed by atoms with E-state index in [1.807, 2.05) is 18.4 Å². The number of hydrogen-bond donors (Lipinski definition) is 1. The van der Waals surface area contributed by atoms with Gasteiger partial charge in [-0.15, -0.1) is 11.3 Å². The maximum absolute atomic E-state index is 12.3. The summed E-state index contributed by atoms with van der Waals surface area (Å²) < 4.78 is 15.8. The van der Waals surface area contributed by atoms with E-state index in [1.165, 1.54) is 11.3 Å². The lowest BCUT2D eigenvalue weighted by Crippen LogP contribution is -2.13. The number of carbonyl (C=O) groups is 2. The zero-order valence-electron chi connectivity index (χ0n) is 14.0. The molecule has 6 nitrogen and oxygen atoms in total. The van der Waals surface area contributed by atoms with Gasteiger partial charge in [0.15, 0.2) is 0 Å². The van der Waals surface area contributed by atoms with Crippen molar-refractivity contribution >= 4 is 28.9 Å². The van der Waals surface area contributed by atoms with Crippen LogP contribution in [-0.2, 0) is 9.47 Å². The molecule has 7 heteroatoms. The van der Waals surface area contributed by atoms with Crippen molar-refractivity contribution in [2.45, 2.75) is 20.0 Å². The van der Waals surface area contributed by atoms with E-state index in [1.54, 1.807) is 25.1 Å². The Hall–Kier alpha value is -2.38. The average molecular weight is 361 g/mol. The molecule has 1 aromatic heterocycles. The molecule has 0 radical (unpaired) electrons. The number of hydrogen-bond acceptors (Lipinski definition) is 6. The second-order valence-electron chi connectivity index (χ2n) is 5.64. The predicted octanol–water partition coefficient (Wildman–Crippen LogP) is 3.26. The van der Waals surface area contributed by atoms with Crippen molar-refractivity contribution < 1.29 is 23.8 Å². The zero-order chi connectivity index (χ0) is 17.8. The highest BCUT2D eigenvalue weighted by Crippen LogP contribution is 2.26. The number of nitrogens with one attached hydrogen (secondary N) is 1. The van der Waals surface area contributed by atoms with Crippen LogP contribution in [0.1, 0.15) is 32.5 Å². The van der Waals surface area contributed by atoms with Crippen LogP contribution in [0, 0.1) is 6.92 Å². The molecule has 1 N–H and O–H groups in total. The molecule has 1 saturated heterocycles. The average Bonchev–Trinajstić information content (AvgIpc) is 3.32. The maximum atomic E-state index is 12.3. The molecule has 2 aromatic rings. The van der Waals surface area contributed by atoms with Crippen LogP contribution in [0.2, 0.25) is 0 Å². The zero-order valence-corrected chi connectivity index (χ0v) is 14.9. The van der Waals surface area contributed by atoms with Gasteiger partial charge in [0, 0.05) is 5.69 Å². The van der Waals surface area contributed by atoms with Gasteiger partial charge in [-0.3, -0.25) is 4.79 Å². The van der Waals surface area contributed by atoms with Crippen molar-refractivity contribution in [3.05, 3.63) is 45.6 Å². The van der Waals surface area contributed by atoms with E-state index in [9.17, 15) is 9.59 Å². The van der Waals surface area contributed by atoms with Gasteiger partial charge in [-0.2, -0.15) is 0 Å². The molecule has 25 heavy (non-hydrogen) atoms. The monoisotopic (exact) mass is 361 g/mol. The van der Waals surface area contributed by atoms with Gasteiger partial charge in [-0.25, -0.2) is 4.79 Å². The van der Waals surface area contributed by atoms with Crippen LogP contribution in [0.3, 0.4) is 0 Å². The Morgan fingerprint density at radius 2 is 2.16 bits per heavy atom. The number of rotatable bonds is 7. The molecule has 132 valence electrons. The topological polar surface area (TPSA) is 77.2 Å². The van der Waals surface area contributed by atoms with Crippen LogP contribution < -0.4 is 10.1 Å². The van der Waals surface area contributed by atoms with Gasteiger partial charge in [0.25, 0.3) is 5.91 Å². The number of carbonyl (C=O) groups excluding carboxylic acids is 2. The quantitative estimate of drug-likeness (QED) is 0.605. The Morgan fingerprint density at radius 3 is 2.80 bits per heavy atom. The number of anilines is 1. The van der Waals surface area contributed by atoms with E-state index in [2.05, 4.69) is 5.32 Å². The summed E-state index contributed by atoms with van der Waals surface area (Å²) in [6, 6.07) is 6.74. The smallest absolute Gasteiger partial charge is 0.341 e. The van der Waals surface area contributed by atoms with Crippen LogP contribution in [0.15, 0.2) is 29.6 Å². The second-order valence-corrected chi connectivity index (χ2v) is 6.55. The normalized spacial score (nSPS) is 15.5. The molecule has 1 aliphatic rings. The lowest BCUT2D eigenvalue weighted by atomic mass is 10.1. The molecule has 1 fully saturated rings. The Kier molecular flexibility index (Phi) is 5.35. The minimum atomic E-state index is -0.489. The van der Waals surface area contributed by atoms with E-state index < -0.39 is 5.97 Å². The van der Waals surface area contributed by atoms with Crippen molar-refractivity contribution in [3.63, 3.8) is 0 Å². The number of thiophene rings is 1. The van der Waals surface area contributed by atoms with Crippen LogP contribution in [0.4, 0.5) is 5.69 Å². The molecule has 0 aliphatic carbocycles. The van der Waals surface area contributed by atoms with Gasteiger partial charge in [0.05, 0.1) is 18.1 Å². The van der Waals surface area contributed by atoms with E-state index in [0.717, 1.165) is 5.56 Å². The maximum Gasteiger partial charge on any atom is 0.341 e. The second kappa shape index (κ2) is 7.67. The molecule has 1 aliphatic heterocycles. The van der Waals surface area contributed by atoms with Crippen molar-refractivity contribution in [1.82, 2.24) is 0 Å². The Morgan fingerprint density at radius 1 is 1.36 bits per heavy atom. The van der Waals surface area contributed by atoms with Crippen LogP contribution in [0.5, 0.6) is 5.75 Å². The molecule has 3 rings (SSSR count). The van der Waals surface area contributed by atoms with Crippen LogP contribution in [0.25, 0.3) is 0 Å². The van der Waals surface area contributed by atoms with Gasteiger partial charge < -0.3 is 19.5 Å². The summed E-state index contributed by atoms with van der Waals surface area (Å²) in [5.41, 5.74) is 1.82. The Balaban J connectivity index is 1.78. The molecule has 0 bridgehead atoms. The van der Waals surface area contributed by atoms with Crippen LogP contribution >= 0.6 is 11.3 Å². The van der Waals surface area contributed by atoms with E-state index in [-0.39, 0.29) is 24.2 Å². The third-order valence-electron chi connectivity index (χ3n) is 3.51. The highest BCUT2D eigenvalue weighted by molar-refractivity contribution is 7.12. The number of amides is 1. The fraction of sp³-hybridized carbons (Fsp3) is 0.333. The van der Waals surface area contributed by atoms with Gasteiger partial charge in [0.2, 0.25) is 0 Å². The highest BCUT2D eigenvalue weighted by atomic mass is 32.1. The predicted molar refractivity (Wildman–Crippen MR) is 94.6 cm³/mol. The molecule has 0 saturated carbocycles. The molecular weight excluding hydrogens is 342 g/mol. The molecule has 2 heterocycles. The third-order valence-corrected chi connectivity index (χ3v) is 4.56. The van der Waals surface area contributed by atoms with Crippen molar-refractivity contribution in [3.8, 4) is 5.75 Å². The molecule has 1 unspecified atom stereocenters. The lowest BCUT2D eigenvalue weighted by molar-refractivity contribution is 0.0521. The standard InChI is InChI=1S/C18H19NO5S/c1-3-22-18(21)14-7-12(4-5-15(14)24-9-13-8-23-13)19-17(20)16-6-11(2)10-25-16/h4-7,10,13H,3,8-9H2,1-2H3,(H,19,20). The summed E-state index contributed by atoms with van der Waals surface area (Å²) in [7, 11) is 0. The fourth-order valence-corrected chi connectivity index (χ4v) is 2.98. The van der Waals surface area contributed by atoms with E-state index in [0.29, 0.717) is 29.5 Å². The number of benzene rings is 1. The highest BCUT2D eigenvalue weighted by Gasteiger charge is 2.24. The Labute approximate surface area is 149 Å². The number of ether oxygens (including phenoxy) is 3. The minimum Gasteiger partial charge on any atom is -0.490 e. The summed E-state index contributed by atoms with van der Waals surface area (Å²) in [4.78, 5) is 25.1. The summed E-state index contributed by atoms with van der Waals surface area (Å²) in [5, 5.41) is 4.71. The van der Waals surface area contributed by atoms with Crippen LogP contribution in [-0.4, -0.2) is 37.8 Å². The minimum absolute atomic E-state index is 0.0801. The van der Waals surface area contributed by atoms with Gasteiger partial charge in [0.1, 0.15) is 24.0 Å². The fourth-order valence-electron chi connectivity index (χ4n) is 2.19. The van der Waals surface area contributed by atoms with Gasteiger partial charge >= 0.3 is 5.97 Å². The molecule has 0 spiro atoms. The first kappa shape index (κ1) is 17.4. The summed E-state index contributed by atoms with van der Waals surface area (Å²) in [6.07, 6.45) is 0.0801. The number of epoxide rings is 1. The number of esters is 1. The summed E-state index contributed by atoms with van der Waals surface area (Å²) >= 11 is 1.37. The number of aryl methyl sites for hydroxylation is 1. The first-order chi connectivity index (χ1) is 12.1. The summed E-state index contributed by atoms with van der Waals surface area (Å²) in [5.74, 6) is -0.288. The molecular formula is C18H19NO5S. The largest absolute Gasteiger partial charge is 0.490 e. The molecule has 1 amide bonds. The van der Waals surface area contributed by atoms with Crippen molar-refractivity contribution in [2.75, 3.05) is 25.1 Å². The molecule has 1 atom stereocenters. The SMILES string of the molecule is CCOC(=O)c1cc(NC(=O)c2cc(C)cs2)ccc1OCC1CO1. The molecule has 1 aromatic carbocycles. The Bertz CT molecular complexity index is 782.